The van der Waals surface area contributed by atoms with Crippen LogP contribution >= 0.6 is 0 Å². The standard InChI is InChI=1S/C28H50O13/c1-3-5-7-9-11-13-20(31)37-17-28(41-27-24(35)23(34)22(33)19(15-29)39-27)26(36)25(18(30)16-38-28)40-21(32)14-12-10-8-6-4-2/h18-19,22-27,29-30,33-36H,3-17H2,1-2H3/t18-,19-,22-,23+,24-,25-,26+,27-,28+/m1/s1. The number of hydrogen-bond acceptors (Lipinski definition) is 13. The average molecular weight is 595 g/mol. The molecule has 0 aromatic rings. The molecule has 0 spiro atoms. The number of carbonyl (C=O) groups is 2. The van der Waals surface area contributed by atoms with Crippen LogP contribution in [0.4, 0.5) is 0 Å². The van der Waals surface area contributed by atoms with E-state index in [4.69, 9.17) is 23.7 Å². The molecule has 2 saturated heterocycles. The van der Waals surface area contributed by atoms with Gasteiger partial charge >= 0.3 is 11.9 Å². The summed E-state index contributed by atoms with van der Waals surface area (Å²) >= 11 is 0. The molecule has 2 heterocycles. The van der Waals surface area contributed by atoms with E-state index in [0.29, 0.717) is 12.8 Å². The third-order valence-corrected chi connectivity index (χ3v) is 7.47. The van der Waals surface area contributed by atoms with Crippen LogP contribution in [0, 0.1) is 0 Å². The van der Waals surface area contributed by atoms with Gasteiger partial charge in [0.2, 0.25) is 5.79 Å². The van der Waals surface area contributed by atoms with Crippen molar-refractivity contribution >= 4 is 11.9 Å². The Kier molecular flexibility index (Phi) is 16.0. The lowest BCUT2D eigenvalue weighted by Crippen LogP contribution is -2.68. The Morgan fingerprint density at radius 2 is 1.39 bits per heavy atom. The summed E-state index contributed by atoms with van der Waals surface area (Å²) in [4.78, 5) is 25.0. The summed E-state index contributed by atoms with van der Waals surface area (Å²) in [6, 6.07) is 0. The van der Waals surface area contributed by atoms with Gasteiger partial charge in [0.1, 0.15) is 37.1 Å². The molecule has 6 N–H and O–H groups in total. The second-order valence-electron chi connectivity index (χ2n) is 10.9. The van der Waals surface area contributed by atoms with E-state index in [-0.39, 0.29) is 12.8 Å². The summed E-state index contributed by atoms with van der Waals surface area (Å²) in [7, 11) is 0. The van der Waals surface area contributed by atoms with E-state index in [1.54, 1.807) is 0 Å². The number of aliphatic hydroxyl groups is 6. The van der Waals surface area contributed by atoms with Crippen molar-refractivity contribution in [2.45, 2.75) is 146 Å². The fourth-order valence-corrected chi connectivity index (χ4v) is 4.85. The molecule has 0 bridgehead atoms. The molecule has 41 heavy (non-hydrogen) atoms. The molecule has 0 aromatic heterocycles. The lowest BCUT2D eigenvalue weighted by atomic mass is 9.95. The Morgan fingerprint density at radius 1 is 0.805 bits per heavy atom. The van der Waals surface area contributed by atoms with E-state index in [1.807, 2.05) is 0 Å². The molecule has 13 nitrogen and oxygen atoms in total. The zero-order chi connectivity index (χ0) is 30.4. The number of ether oxygens (including phenoxy) is 5. The summed E-state index contributed by atoms with van der Waals surface area (Å²) in [5, 5.41) is 62.2. The van der Waals surface area contributed by atoms with Gasteiger partial charge < -0.3 is 54.3 Å². The summed E-state index contributed by atoms with van der Waals surface area (Å²) in [5.41, 5.74) is 0. The Hall–Kier alpha value is -1.42. The first-order valence-electron chi connectivity index (χ1n) is 14.9. The van der Waals surface area contributed by atoms with Gasteiger partial charge in [0.05, 0.1) is 13.2 Å². The van der Waals surface area contributed by atoms with Gasteiger partial charge in [-0.25, -0.2) is 0 Å². The highest BCUT2D eigenvalue weighted by Gasteiger charge is 2.57. The van der Waals surface area contributed by atoms with Crippen LogP contribution in [0.15, 0.2) is 0 Å². The van der Waals surface area contributed by atoms with E-state index < -0.39 is 86.6 Å². The Morgan fingerprint density at radius 3 is 1.98 bits per heavy atom. The fourth-order valence-electron chi connectivity index (χ4n) is 4.85. The number of aliphatic hydroxyl groups excluding tert-OH is 6. The molecule has 0 saturated carbocycles. The molecule has 240 valence electrons. The van der Waals surface area contributed by atoms with Crippen molar-refractivity contribution in [2.75, 3.05) is 19.8 Å². The maximum absolute atomic E-state index is 12.5. The number of unbranched alkanes of at least 4 members (excludes halogenated alkanes) is 8. The van der Waals surface area contributed by atoms with Crippen LogP contribution in [0.3, 0.4) is 0 Å². The zero-order valence-electron chi connectivity index (χ0n) is 24.3. The van der Waals surface area contributed by atoms with Crippen LogP contribution in [0.2, 0.25) is 0 Å². The molecule has 2 rings (SSSR count). The first kappa shape index (κ1) is 35.8. The minimum Gasteiger partial charge on any atom is -0.460 e. The quantitative estimate of drug-likeness (QED) is 0.0943. The smallest absolute Gasteiger partial charge is 0.306 e. The van der Waals surface area contributed by atoms with E-state index in [1.165, 1.54) is 0 Å². The van der Waals surface area contributed by atoms with Crippen molar-refractivity contribution in [3.05, 3.63) is 0 Å². The predicted octanol–water partition coefficient (Wildman–Crippen LogP) is 0.427. The third kappa shape index (κ3) is 10.7. The highest BCUT2D eigenvalue weighted by Crippen LogP contribution is 2.34. The normalized spacial score (nSPS) is 33.9. The van der Waals surface area contributed by atoms with Gasteiger partial charge in [-0.05, 0) is 12.8 Å². The molecule has 0 aliphatic carbocycles. The van der Waals surface area contributed by atoms with Gasteiger partial charge in [0, 0.05) is 12.8 Å². The molecule has 2 aliphatic rings. The van der Waals surface area contributed by atoms with Crippen molar-refractivity contribution in [3.63, 3.8) is 0 Å². The average Bonchev–Trinajstić information content (AvgIpc) is 2.96. The van der Waals surface area contributed by atoms with Gasteiger partial charge in [-0.1, -0.05) is 65.2 Å². The molecule has 0 unspecified atom stereocenters. The van der Waals surface area contributed by atoms with Crippen molar-refractivity contribution in [3.8, 4) is 0 Å². The lowest BCUT2D eigenvalue weighted by Gasteiger charge is -2.48. The Labute approximate surface area is 241 Å². The van der Waals surface area contributed by atoms with Crippen LogP contribution < -0.4 is 0 Å². The highest BCUT2D eigenvalue weighted by molar-refractivity contribution is 5.70. The van der Waals surface area contributed by atoms with Crippen molar-refractivity contribution in [1.82, 2.24) is 0 Å². The zero-order valence-corrected chi connectivity index (χ0v) is 24.3. The molecule has 2 fully saturated rings. The van der Waals surface area contributed by atoms with Gasteiger partial charge in [-0.15, -0.1) is 0 Å². The number of rotatable bonds is 18. The number of carbonyl (C=O) groups excluding carboxylic acids is 2. The van der Waals surface area contributed by atoms with Crippen molar-refractivity contribution in [2.24, 2.45) is 0 Å². The lowest BCUT2D eigenvalue weighted by molar-refractivity contribution is -0.415. The summed E-state index contributed by atoms with van der Waals surface area (Å²) < 4.78 is 27.6. The van der Waals surface area contributed by atoms with Gasteiger partial charge in [-0.2, -0.15) is 0 Å². The first-order chi connectivity index (χ1) is 19.6. The van der Waals surface area contributed by atoms with Crippen molar-refractivity contribution < 1.29 is 63.9 Å². The summed E-state index contributed by atoms with van der Waals surface area (Å²) in [5.74, 6) is -3.56. The Bertz CT molecular complexity index is 765. The second kappa shape index (κ2) is 18.3. The maximum atomic E-state index is 12.5. The van der Waals surface area contributed by atoms with Crippen LogP contribution in [0.5, 0.6) is 0 Å². The minimum atomic E-state index is -2.29. The van der Waals surface area contributed by atoms with E-state index in [2.05, 4.69) is 13.8 Å². The minimum absolute atomic E-state index is 0.0636. The van der Waals surface area contributed by atoms with Crippen LogP contribution in [-0.2, 0) is 33.3 Å². The van der Waals surface area contributed by atoms with E-state index >= 15 is 0 Å². The summed E-state index contributed by atoms with van der Waals surface area (Å²) in [6.07, 6.45) is -4.23. The maximum Gasteiger partial charge on any atom is 0.306 e. The summed E-state index contributed by atoms with van der Waals surface area (Å²) in [6.45, 7) is 2.19. The predicted molar refractivity (Wildman–Crippen MR) is 143 cm³/mol. The largest absolute Gasteiger partial charge is 0.460 e. The number of esters is 2. The molecule has 0 radical (unpaired) electrons. The van der Waals surface area contributed by atoms with Crippen molar-refractivity contribution in [1.29, 1.82) is 0 Å². The molecule has 13 heteroatoms. The van der Waals surface area contributed by atoms with Gasteiger partial charge in [0.15, 0.2) is 18.5 Å². The van der Waals surface area contributed by atoms with Crippen LogP contribution in [0.1, 0.15) is 90.9 Å². The molecule has 9 atom stereocenters. The topological polar surface area (TPSA) is 202 Å². The van der Waals surface area contributed by atoms with Crippen LogP contribution in [0.25, 0.3) is 0 Å². The molecule has 0 aromatic carbocycles. The van der Waals surface area contributed by atoms with E-state index in [0.717, 1.165) is 51.4 Å². The van der Waals surface area contributed by atoms with Crippen LogP contribution in [-0.4, -0.2) is 117 Å². The number of hydrogen-bond donors (Lipinski definition) is 6. The van der Waals surface area contributed by atoms with Gasteiger partial charge in [-0.3, -0.25) is 9.59 Å². The highest BCUT2D eigenvalue weighted by atomic mass is 16.8. The van der Waals surface area contributed by atoms with E-state index in [9.17, 15) is 40.2 Å². The van der Waals surface area contributed by atoms with Gasteiger partial charge in [0.25, 0.3) is 0 Å². The molecular formula is C28H50O13. The monoisotopic (exact) mass is 594 g/mol. The SMILES string of the molecule is CCCCCCCC(=O)OC[C@@]1(O[C@H]2O[C@H](CO)[C@@H](O)[C@H](O)[C@H]2O)OC[C@@H](O)[C@@H](OC(=O)CCCCCCC)[C@@H]1O. The first-order valence-corrected chi connectivity index (χ1v) is 14.9. The second-order valence-corrected chi connectivity index (χ2v) is 10.9. The fraction of sp³-hybridized carbons (Fsp3) is 0.929. The third-order valence-electron chi connectivity index (χ3n) is 7.47. The molecular weight excluding hydrogens is 544 g/mol. The Balaban J connectivity index is 2.17. The molecule has 0 amide bonds. The molecule has 2 aliphatic heterocycles.